The van der Waals surface area contributed by atoms with Gasteiger partial charge in [0, 0.05) is 6.04 Å². The van der Waals surface area contributed by atoms with E-state index in [-0.39, 0.29) is 6.10 Å². The van der Waals surface area contributed by atoms with Gasteiger partial charge in [-0.3, -0.25) is 4.68 Å². The molecule has 94 valence electrons. The summed E-state index contributed by atoms with van der Waals surface area (Å²) in [5.41, 5.74) is 0. The summed E-state index contributed by atoms with van der Waals surface area (Å²) < 4.78 is 7.88. The van der Waals surface area contributed by atoms with Crippen LogP contribution in [0.1, 0.15) is 52.0 Å². The molecular formula is C14H22N2O. The van der Waals surface area contributed by atoms with E-state index in [9.17, 15) is 0 Å². The van der Waals surface area contributed by atoms with Crippen LogP contribution in [0.4, 0.5) is 0 Å². The van der Waals surface area contributed by atoms with Crippen LogP contribution < -0.4 is 4.74 Å². The van der Waals surface area contributed by atoms with E-state index in [1.54, 1.807) is 0 Å². The Balaban J connectivity index is 1.95. The molecule has 3 nitrogen and oxygen atoms in total. The van der Waals surface area contributed by atoms with Gasteiger partial charge >= 0.3 is 0 Å². The Hall–Kier alpha value is -1.25. The number of ether oxygens (including phenoxy) is 1. The highest BCUT2D eigenvalue weighted by atomic mass is 16.5. The molecular weight excluding hydrogens is 212 g/mol. The van der Waals surface area contributed by atoms with Gasteiger partial charge in [0.25, 0.3) is 0 Å². The van der Waals surface area contributed by atoms with Crippen molar-refractivity contribution in [1.29, 1.82) is 0 Å². The van der Waals surface area contributed by atoms with Crippen molar-refractivity contribution in [3.05, 3.63) is 24.5 Å². The zero-order valence-electron chi connectivity index (χ0n) is 10.8. The van der Waals surface area contributed by atoms with Gasteiger partial charge in [-0.25, -0.2) is 0 Å². The molecule has 0 N–H and O–H groups in total. The molecule has 0 amide bonds. The molecule has 0 bridgehead atoms. The van der Waals surface area contributed by atoms with Gasteiger partial charge in [0.05, 0.1) is 12.4 Å². The van der Waals surface area contributed by atoms with Crippen molar-refractivity contribution < 1.29 is 4.74 Å². The highest BCUT2D eigenvalue weighted by Crippen LogP contribution is 2.19. The summed E-state index contributed by atoms with van der Waals surface area (Å²) >= 11 is 0. The number of nitrogens with zero attached hydrogens (tertiary/aromatic N) is 2. The van der Waals surface area contributed by atoms with Crippen LogP contribution in [0, 0.1) is 0 Å². The second-order valence-corrected chi connectivity index (χ2v) is 4.97. The van der Waals surface area contributed by atoms with E-state index in [4.69, 9.17) is 4.74 Å². The molecule has 1 aliphatic carbocycles. The van der Waals surface area contributed by atoms with Gasteiger partial charge in [0.1, 0.15) is 6.10 Å². The molecule has 1 unspecified atom stereocenters. The van der Waals surface area contributed by atoms with Crippen LogP contribution in [0.3, 0.4) is 0 Å². The summed E-state index contributed by atoms with van der Waals surface area (Å²) in [7, 11) is 0. The van der Waals surface area contributed by atoms with Crippen LogP contribution in [-0.2, 0) is 0 Å². The van der Waals surface area contributed by atoms with Gasteiger partial charge in [0.15, 0.2) is 5.75 Å². The smallest absolute Gasteiger partial charge is 0.158 e. The van der Waals surface area contributed by atoms with Gasteiger partial charge in [-0.15, -0.1) is 0 Å². The van der Waals surface area contributed by atoms with E-state index in [1.165, 1.54) is 25.7 Å². The Morgan fingerprint density at radius 3 is 3.00 bits per heavy atom. The second-order valence-electron chi connectivity index (χ2n) is 4.97. The van der Waals surface area contributed by atoms with E-state index in [0.29, 0.717) is 6.04 Å². The molecule has 1 aliphatic rings. The van der Waals surface area contributed by atoms with Gasteiger partial charge in [-0.05, 0) is 45.6 Å². The number of rotatable bonds is 3. The van der Waals surface area contributed by atoms with E-state index >= 15 is 0 Å². The number of aromatic nitrogens is 2. The number of allylic oxidation sites excluding steroid dienone is 1. The summed E-state index contributed by atoms with van der Waals surface area (Å²) in [6.07, 6.45) is 14.7. The van der Waals surface area contributed by atoms with Crippen molar-refractivity contribution in [3.8, 4) is 5.75 Å². The highest BCUT2D eigenvalue weighted by molar-refractivity contribution is 5.14. The lowest BCUT2D eigenvalue weighted by atomic mass is 10.0. The Labute approximate surface area is 103 Å². The van der Waals surface area contributed by atoms with Crippen molar-refractivity contribution in [1.82, 2.24) is 9.78 Å². The highest BCUT2D eigenvalue weighted by Gasteiger charge is 2.10. The molecule has 17 heavy (non-hydrogen) atoms. The van der Waals surface area contributed by atoms with Crippen LogP contribution in [0.15, 0.2) is 24.5 Å². The maximum Gasteiger partial charge on any atom is 0.158 e. The number of hydrogen-bond donors (Lipinski definition) is 0. The van der Waals surface area contributed by atoms with Crippen molar-refractivity contribution in [3.63, 3.8) is 0 Å². The van der Waals surface area contributed by atoms with Gasteiger partial charge in [-0.1, -0.05) is 12.5 Å². The average Bonchev–Trinajstić information content (AvgIpc) is 2.70. The van der Waals surface area contributed by atoms with E-state index in [1.807, 2.05) is 17.1 Å². The summed E-state index contributed by atoms with van der Waals surface area (Å²) in [4.78, 5) is 0. The molecule has 1 aromatic rings. The fraction of sp³-hybridized carbons (Fsp3) is 0.643. The third kappa shape index (κ3) is 3.62. The lowest BCUT2D eigenvalue weighted by Crippen LogP contribution is -2.14. The molecule has 2 rings (SSSR count). The van der Waals surface area contributed by atoms with E-state index in [0.717, 1.165) is 12.2 Å². The first kappa shape index (κ1) is 12.2. The third-order valence-electron chi connectivity index (χ3n) is 3.10. The fourth-order valence-electron chi connectivity index (χ4n) is 2.07. The Kier molecular flexibility index (Phi) is 4.24. The van der Waals surface area contributed by atoms with Crippen LogP contribution in [-0.4, -0.2) is 15.9 Å². The quantitative estimate of drug-likeness (QED) is 0.745. The Morgan fingerprint density at radius 1 is 1.35 bits per heavy atom. The monoisotopic (exact) mass is 234 g/mol. The summed E-state index contributed by atoms with van der Waals surface area (Å²) in [5, 5.41) is 4.29. The van der Waals surface area contributed by atoms with Gasteiger partial charge < -0.3 is 4.74 Å². The molecule has 0 aromatic carbocycles. The molecule has 1 atom stereocenters. The molecule has 3 heteroatoms. The predicted molar refractivity (Wildman–Crippen MR) is 69.3 cm³/mol. The normalized spacial score (nSPS) is 23.1. The maximum atomic E-state index is 5.95. The third-order valence-corrected chi connectivity index (χ3v) is 3.10. The van der Waals surface area contributed by atoms with Crippen molar-refractivity contribution in [2.24, 2.45) is 0 Å². The fourth-order valence-corrected chi connectivity index (χ4v) is 2.07. The van der Waals surface area contributed by atoms with Crippen molar-refractivity contribution >= 4 is 0 Å². The SMILES string of the molecule is CC(C)n1cc(OC2/C=C/CCCCC2)cn1. The first-order valence-corrected chi connectivity index (χ1v) is 6.63. The zero-order valence-corrected chi connectivity index (χ0v) is 10.8. The maximum absolute atomic E-state index is 5.95. The second kappa shape index (κ2) is 5.89. The standard InChI is InChI=1S/C14H22N2O/c1-12(2)16-11-14(10-15-16)17-13-8-6-4-3-5-7-9-13/h6,8,10-13H,3-5,7,9H2,1-2H3/b8-6+. The van der Waals surface area contributed by atoms with Crippen molar-refractivity contribution in [2.45, 2.75) is 58.1 Å². The average molecular weight is 234 g/mol. The van der Waals surface area contributed by atoms with E-state index < -0.39 is 0 Å². The molecule has 0 saturated heterocycles. The largest absolute Gasteiger partial charge is 0.483 e. The predicted octanol–water partition coefficient (Wildman–Crippen LogP) is 3.73. The summed E-state index contributed by atoms with van der Waals surface area (Å²) in [6, 6.07) is 0.389. The topological polar surface area (TPSA) is 27.1 Å². The molecule has 1 heterocycles. The summed E-state index contributed by atoms with van der Waals surface area (Å²) in [6.45, 7) is 4.24. The van der Waals surface area contributed by atoms with Crippen LogP contribution in [0.5, 0.6) is 5.75 Å². The molecule has 0 fully saturated rings. The lowest BCUT2D eigenvalue weighted by molar-refractivity contribution is 0.231. The van der Waals surface area contributed by atoms with E-state index in [2.05, 4.69) is 31.1 Å². The lowest BCUT2D eigenvalue weighted by Gasteiger charge is -2.16. The molecule has 0 radical (unpaired) electrons. The minimum Gasteiger partial charge on any atom is -0.483 e. The van der Waals surface area contributed by atoms with Crippen LogP contribution in [0.2, 0.25) is 0 Å². The zero-order chi connectivity index (χ0) is 12.1. The minimum absolute atomic E-state index is 0.222. The Morgan fingerprint density at radius 2 is 2.24 bits per heavy atom. The minimum atomic E-state index is 0.222. The molecule has 0 aliphatic heterocycles. The number of hydrogen-bond acceptors (Lipinski definition) is 2. The van der Waals surface area contributed by atoms with Crippen LogP contribution >= 0.6 is 0 Å². The molecule has 1 aromatic heterocycles. The van der Waals surface area contributed by atoms with Gasteiger partial charge in [-0.2, -0.15) is 5.10 Å². The summed E-state index contributed by atoms with van der Waals surface area (Å²) in [5.74, 6) is 0.883. The van der Waals surface area contributed by atoms with Gasteiger partial charge in [0.2, 0.25) is 0 Å². The first-order chi connectivity index (χ1) is 8.25. The molecule has 0 saturated carbocycles. The first-order valence-electron chi connectivity index (χ1n) is 6.63. The Bertz CT molecular complexity index is 368. The van der Waals surface area contributed by atoms with Crippen LogP contribution in [0.25, 0.3) is 0 Å². The molecule has 0 spiro atoms. The van der Waals surface area contributed by atoms with Crippen molar-refractivity contribution in [2.75, 3.05) is 0 Å².